The van der Waals surface area contributed by atoms with E-state index >= 15 is 0 Å². The highest BCUT2D eigenvalue weighted by atomic mass is 35.5. The maximum Gasteiger partial charge on any atom is 0.252 e. The van der Waals surface area contributed by atoms with Gasteiger partial charge in [-0.25, -0.2) is 4.98 Å². The van der Waals surface area contributed by atoms with Crippen LogP contribution in [0.3, 0.4) is 0 Å². The van der Waals surface area contributed by atoms with Crippen LogP contribution < -0.4 is 5.32 Å². The first-order valence-electron chi connectivity index (χ1n) is 9.53. The smallest absolute Gasteiger partial charge is 0.252 e. The molecule has 4 rings (SSSR count). The van der Waals surface area contributed by atoms with Gasteiger partial charge in [0.25, 0.3) is 5.91 Å². The molecule has 4 nitrogen and oxygen atoms in total. The number of amides is 1. The molecule has 0 unspecified atom stereocenters. The van der Waals surface area contributed by atoms with Crippen LogP contribution in [0.25, 0.3) is 22.2 Å². The average Bonchev–Trinajstić information content (AvgIpc) is 2.77. The molecule has 5 heteroatoms. The van der Waals surface area contributed by atoms with E-state index in [0.29, 0.717) is 22.8 Å². The molecule has 0 spiro atoms. The topological polar surface area (TPSA) is 54.9 Å². The number of aromatic nitrogens is 2. The Bertz CT molecular complexity index is 1130. The number of pyridine rings is 2. The van der Waals surface area contributed by atoms with E-state index in [2.05, 4.69) is 27.4 Å². The highest BCUT2D eigenvalue weighted by molar-refractivity contribution is 6.31. The van der Waals surface area contributed by atoms with Gasteiger partial charge in [-0.1, -0.05) is 41.9 Å². The zero-order valence-electron chi connectivity index (χ0n) is 15.8. The van der Waals surface area contributed by atoms with E-state index in [4.69, 9.17) is 11.6 Å². The molecule has 2 heterocycles. The number of nitrogens with zero attached hydrogens (tertiary/aromatic N) is 2. The van der Waals surface area contributed by atoms with Crippen LogP contribution in [0.1, 0.15) is 22.3 Å². The molecule has 0 aliphatic heterocycles. The summed E-state index contributed by atoms with van der Waals surface area (Å²) < 4.78 is 0. The van der Waals surface area contributed by atoms with Crippen molar-refractivity contribution in [1.29, 1.82) is 0 Å². The van der Waals surface area contributed by atoms with Gasteiger partial charge in [-0.3, -0.25) is 9.78 Å². The second-order valence-electron chi connectivity index (χ2n) is 6.80. The third kappa shape index (κ3) is 4.61. The molecule has 0 saturated carbocycles. The van der Waals surface area contributed by atoms with Crippen molar-refractivity contribution in [2.24, 2.45) is 0 Å². The lowest BCUT2D eigenvalue weighted by molar-refractivity contribution is 0.0955. The number of carbonyl (C=O) groups is 1. The van der Waals surface area contributed by atoms with Gasteiger partial charge in [0, 0.05) is 34.9 Å². The Labute approximate surface area is 174 Å². The van der Waals surface area contributed by atoms with Gasteiger partial charge in [-0.2, -0.15) is 0 Å². The zero-order valence-corrected chi connectivity index (χ0v) is 16.6. The van der Waals surface area contributed by atoms with Crippen molar-refractivity contribution in [2.75, 3.05) is 6.54 Å². The Balaban J connectivity index is 1.57. The van der Waals surface area contributed by atoms with Crippen LogP contribution in [0, 0.1) is 0 Å². The molecule has 0 aliphatic rings. The van der Waals surface area contributed by atoms with E-state index in [-0.39, 0.29) is 5.91 Å². The van der Waals surface area contributed by atoms with Gasteiger partial charge in [0.2, 0.25) is 0 Å². The predicted molar refractivity (Wildman–Crippen MR) is 117 cm³/mol. The molecular weight excluding hydrogens is 382 g/mol. The molecule has 1 N–H and O–H groups in total. The van der Waals surface area contributed by atoms with E-state index in [0.717, 1.165) is 29.3 Å². The summed E-state index contributed by atoms with van der Waals surface area (Å²) >= 11 is 6.18. The summed E-state index contributed by atoms with van der Waals surface area (Å²) in [6, 6.07) is 21.3. The molecular formula is C24H20ClN3O. The van der Waals surface area contributed by atoms with Crippen LogP contribution >= 0.6 is 11.6 Å². The summed E-state index contributed by atoms with van der Waals surface area (Å²) in [4.78, 5) is 21.8. The molecule has 4 aromatic rings. The molecule has 2 aromatic heterocycles. The number of nitrogens with one attached hydrogen (secondary N) is 1. The summed E-state index contributed by atoms with van der Waals surface area (Å²) in [6.45, 7) is 0.598. The van der Waals surface area contributed by atoms with Crippen molar-refractivity contribution in [1.82, 2.24) is 15.3 Å². The van der Waals surface area contributed by atoms with E-state index in [1.165, 1.54) is 5.56 Å². The summed E-state index contributed by atoms with van der Waals surface area (Å²) in [7, 11) is 0. The maximum absolute atomic E-state index is 13.0. The molecule has 0 saturated heterocycles. The fourth-order valence-electron chi connectivity index (χ4n) is 3.28. The second-order valence-corrected chi connectivity index (χ2v) is 7.24. The largest absolute Gasteiger partial charge is 0.352 e. The third-order valence-electron chi connectivity index (χ3n) is 4.74. The Kier molecular flexibility index (Phi) is 5.82. The summed E-state index contributed by atoms with van der Waals surface area (Å²) in [5, 5.41) is 4.35. The standard InChI is InChI=1S/C24H20ClN3O/c25-19-10-11-22-20(14-19)21(15-23(28-22)18-9-5-12-26-16-18)24(29)27-13-4-8-17-6-2-1-3-7-17/h1-3,5-7,9-12,14-16H,4,8,13H2,(H,27,29). The number of hydrogen-bond donors (Lipinski definition) is 1. The van der Waals surface area contributed by atoms with E-state index < -0.39 is 0 Å². The van der Waals surface area contributed by atoms with Gasteiger partial charge in [-0.05, 0) is 54.8 Å². The molecule has 0 aliphatic carbocycles. The van der Waals surface area contributed by atoms with E-state index in [1.807, 2.05) is 42.5 Å². The van der Waals surface area contributed by atoms with Crippen LogP contribution in [-0.2, 0) is 6.42 Å². The van der Waals surface area contributed by atoms with Crippen molar-refractivity contribution in [3.63, 3.8) is 0 Å². The van der Waals surface area contributed by atoms with Crippen molar-refractivity contribution in [3.05, 3.63) is 95.3 Å². The Morgan fingerprint density at radius 1 is 1.00 bits per heavy atom. The SMILES string of the molecule is O=C(NCCCc1ccccc1)c1cc(-c2cccnc2)nc2ccc(Cl)cc12. The highest BCUT2D eigenvalue weighted by Gasteiger charge is 2.14. The Morgan fingerprint density at radius 2 is 1.86 bits per heavy atom. The monoisotopic (exact) mass is 401 g/mol. The number of halogens is 1. The Morgan fingerprint density at radius 3 is 2.66 bits per heavy atom. The number of carbonyl (C=O) groups excluding carboxylic acids is 1. The van der Waals surface area contributed by atoms with Gasteiger partial charge >= 0.3 is 0 Å². The van der Waals surface area contributed by atoms with Crippen LogP contribution in [0.4, 0.5) is 0 Å². The van der Waals surface area contributed by atoms with Crippen molar-refractivity contribution in [2.45, 2.75) is 12.8 Å². The number of aryl methyl sites for hydroxylation is 1. The fourth-order valence-corrected chi connectivity index (χ4v) is 3.45. The van der Waals surface area contributed by atoms with E-state index in [1.54, 1.807) is 24.5 Å². The van der Waals surface area contributed by atoms with Crippen LogP contribution in [-0.4, -0.2) is 22.4 Å². The first-order chi connectivity index (χ1) is 14.2. The van der Waals surface area contributed by atoms with Gasteiger partial charge in [0.15, 0.2) is 0 Å². The lowest BCUT2D eigenvalue weighted by Crippen LogP contribution is -2.25. The predicted octanol–water partition coefficient (Wildman–Crippen LogP) is 5.31. The number of hydrogen-bond acceptors (Lipinski definition) is 3. The van der Waals surface area contributed by atoms with Gasteiger partial charge in [-0.15, -0.1) is 0 Å². The van der Waals surface area contributed by atoms with Gasteiger partial charge in [0.05, 0.1) is 16.8 Å². The van der Waals surface area contributed by atoms with Gasteiger partial charge < -0.3 is 5.32 Å². The Hall–Kier alpha value is -3.24. The normalized spacial score (nSPS) is 10.8. The minimum absolute atomic E-state index is 0.127. The number of rotatable bonds is 6. The first kappa shape index (κ1) is 19.1. The van der Waals surface area contributed by atoms with Crippen molar-refractivity contribution in [3.8, 4) is 11.3 Å². The number of benzene rings is 2. The first-order valence-corrected chi connectivity index (χ1v) is 9.91. The third-order valence-corrected chi connectivity index (χ3v) is 4.98. The molecule has 0 bridgehead atoms. The fraction of sp³-hybridized carbons (Fsp3) is 0.125. The zero-order chi connectivity index (χ0) is 20.1. The number of fused-ring (bicyclic) bond motifs is 1. The van der Waals surface area contributed by atoms with Gasteiger partial charge in [0.1, 0.15) is 0 Å². The van der Waals surface area contributed by atoms with Crippen LogP contribution in [0.15, 0.2) is 79.1 Å². The summed E-state index contributed by atoms with van der Waals surface area (Å²) in [5.41, 5.74) is 4.13. The van der Waals surface area contributed by atoms with Crippen molar-refractivity contribution >= 4 is 28.4 Å². The summed E-state index contributed by atoms with van der Waals surface area (Å²) in [5.74, 6) is -0.127. The maximum atomic E-state index is 13.0. The molecule has 29 heavy (non-hydrogen) atoms. The van der Waals surface area contributed by atoms with E-state index in [9.17, 15) is 4.79 Å². The molecule has 144 valence electrons. The molecule has 1 amide bonds. The molecule has 0 radical (unpaired) electrons. The average molecular weight is 402 g/mol. The van der Waals surface area contributed by atoms with Crippen LogP contribution in [0.5, 0.6) is 0 Å². The minimum atomic E-state index is -0.127. The molecule has 0 atom stereocenters. The van der Waals surface area contributed by atoms with Crippen molar-refractivity contribution < 1.29 is 4.79 Å². The second kappa shape index (κ2) is 8.84. The lowest BCUT2D eigenvalue weighted by Gasteiger charge is -2.11. The summed E-state index contributed by atoms with van der Waals surface area (Å²) in [6.07, 6.45) is 5.25. The van der Waals surface area contributed by atoms with Crippen LogP contribution in [0.2, 0.25) is 5.02 Å². The quantitative estimate of drug-likeness (QED) is 0.445. The lowest BCUT2D eigenvalue weighted by atomic mass is 10.0. The molecule has 2 aromatic carbocycles. The molecule has 0 fully saturated rings. The highest BCUT2D eigenvalue weighted by Crippen LogP contribution is 2.26. The minimum Gasteiger partial charge on any atom is -0.352 e.